The number of hydrogen-bond acceptors (Lipinski definition) is 3. The predicted molar refractivity (Wildman–Crippen MR) is 126 cm³/mol. The van der Waals surface area contributed by atoms with Gasteiger partial charge in [-0.25, -0.2) is 0 Å². The smallest absolute Gasteiger partial charge is 0.255 e. The van der Waals surface area contributed by atoms with Crippen LogP contribution >= 0.6 is 0 Å². The zero-order valence-electron chi connectivity index (χ0n) is 19.0. The molecule has 0 aliphatic carbocycles. The van der Waals surface area contributed by atoms with E-state index in [1.54, 1.807) is 6.07 Å². The third kappa shape index (κ3) is 5.46. The quantitative estimate of drug-likeness (QED) is 0.446. The average Bonchev–Trinajstić information content (AvgIpc) is 2.76. The summed E-state index contributed by atoms with van der Waals surface area (Å²) < 4.78 is 11.9. The molecule has 0 aromatic heterocycles. The summed E-state index contributed by atoms with van der Waals surface area (Å²) in [7, 11) is 0. The van der Waals surface area contributed by atoms with Gasteiger partial charge in [0.15, 0.2) is 0 Å². The molecule has 0 unspecified atom stereocenters. The lowest BCUT2D eigenvalue weighted by molar-refractivity contribution is 0.102. The minimum absolute atomic E-state index is 0.149. The minimum Gasteiger partial charge on any atom is -0.493 e. The van der Waals surface area contributed by atoms with Crippen molar-refractivity contribution in [1.82, 2.24) is 0 Å². The van der Waals surface area contributed by atoms with E-state index in [1.807, 2.05) is 69.3 Å². The van der Waals surface area contributed by atoms with Gasteiger partial charge in [0.05, 0.1) is 6.61 Å². The van der Waals surface area contributed by atoms with Gasteiger partial charge in [0.2, 0.25) is 0 Å². The molecule has 3 rings (SSSR count). The monoisotopic (exact) mass is 417 g/mol. The second-order valence-electron chi connectivity index (χ2n) is 7.96. The van der Waals surface area contributed by atoms with Crippen LogP contribution in [0.25, 0.3) is 0 Å². The molecule has 0 spiro atoms. The van der Waals surface area contributed by atoms with E-state index in [0.717, 1.165) is 39.4 Å². The minimum atomic E-state index is -0.149. The number of aryl methyl sites for hydroxylation is 2. The van der Waals surface area contributed by atoms with Gasteiger partial charge < -0.3 is 14.8 Å². The van der Waals surface area contributed by atoms with Crippen LogP contribution in [-0.4, -0.2) is 12.5 Å². The first kappa shape index (κ1) is 22.4. The highest BCUT2D eigenvalue weighted by Crippen LogP contribution is 2.29. The summed E-state index contributed by atoms with van der Waals surface area (Å²) in [6, 6.07) is 19.5. The Balaban J connectivity index is 1.85. The number of ether oxygens (including phenoxy) is 2. The first-order chi connectivity index (χ1) is 14.9. The number of carbonyl (C=O) groups excluding carboxylic acids is 1. The van der Waals surface area contributed by atoms with Gasteiger partial charge in [-0.3, -0.25) is 4.79 Å². The molecule has 0 atom stereocenters. The van der Waals surface area contributed by atoms with Crippen molar-refractivity contribution in [2.24, 2.45) is 0 Å². The standard InChI is InChI=1S/C27H31NO3/c1-6-30-24-15-14-21(27(29)28-26-19(4)10-9-11-20(26)5)16-22(24)17-31-25-13-8-7-12-23(25)18(2)3/h7-16,18H,6,17H2,1-5H3,(H,28,29). The predicted octanol–water partition coefficient (Wildman–Crippen LogP) is 6.66. The van der Waals surface area contributed by atoms with Gasteiger partial charge in [-0.1, -0.05) is 50.2 Å². The van der Waals surface area contributed by atoms with Crippen molar-refractivity contribution in [3.05, 3.63) is 88.5 Å². The molecular formula is C27H31NO3. The maximum atomic E-state index is 13.0. The van der Waals surface area contributed by atoms with E-state index in [-0.39, 0.29) is 5.91 Å². The largest absolute Gasteiger partial charge is 0.493 e. The highest BCUT2D eigenvalue weighted by Gasteiger charge is 2.14. The van der Waals surface area contributed by atoms with Crippen molar-refractivity contribution < 1.29 is 14.3 Å². The Kier molecular flexibility index (Phi) is 7.35. The normalized spacial score (nSPS) is 10.8. The number of carbonyl (C=O) groups is 1. The Morgan fingerprint density at radius 3 is 2.29 bits per heavy atom. The van der Waals surface area contributed by atoms with E-state index in [1.165, 1.54) is 0 Å². The van der Waals surface area contributed by atoms with E-state index in [9.17, 15) is 4.79 Å². The molecule has 4 nitrogen and oxygen atoms in total. The lowest BCUT2D eigenvalue weighted by Crippen LogP contribution is -2.14. The summed E-state index contributed by atoms with van der Waals surface area (Å²) >= 11 is 0. The second kappa shape index (κ2) is 10.2. The molecule has 0 saturated carbocycles. The van der Waals surface area contributed by atoms with E-state index in [0.29, 0.717) is 24.7 Å². The molecule has 0 radical (unpaired) electrons. The summed E-state index contributed by atoms with van der Waals surface area (Å²) in [5, 5.41) is 3.05. The Bertz CT molecular complexity index is 1040. The van der Waals surface area contributed by atoms with Gasteiger partial charge in [-0.05, 0) is 67.6 Å². The summed E-state index contributed by atoms with van der Waals surface area (Å²) in [5.41, 5.74) is 5.49. The fraction of sp³-hybridized carbons (Fsp3) is 0.296. The fourth-order valence-corrected chi connectivity index (χ4v) is 3.57. The van der Waals surface area contributed by atoms with Crippen molar-refractivity contribution in [2.45, 2.75) is 47.1 Å². The molecule has 0 fully saturated rings. The van der Waals surface area contributed by atoms with E-state index in [4.69, 9.17) is 9.47 Å². The number of rotatable bonds is 8. The highest BCUT2D eigenvalue weighted by molar-refractivity contribution is 6.05. The van der Waals surface area contributed by atoms with E-state index in [2.05, 4.69) is 25.2 Å². The van der Waals surface area contributed by atoms with Gasteiger partial charge in [-0.15, -0.1) is 0 Å². The first-order valence-electron chi connectivity index (χ1n) is 10.8. The molecule has 0 saturated heterocycles. The summed E-state index contributed by atoms with van der Waals surface area (Å²) in [6.45, 7) is 11.1. The molecule has 0 bridgehead atoms. The number of para-hydroxylation sites is 2. The molecule has 4 heteroatoms. The van der Waals surface area contributed by atoms with Crippen LogP contribution in [0.4, 0.5) is 5.69 Å². The van der Waals surface area contributed by atoms with Gasteiger partial charge >= 0.3 is 0 Å². The highest BCUT2D eigenvalue weighted by atomic mass is 16.5. The third-order valence-corrected chi connectivity index (χ3v) is 5.27. The van der Waals surface area contributed by atoms with Gasteiger partial charge in [0.1, 0.15) is 18.1 Å². The van der Waals surface area contributed by atoms with E-state index >= 15 is 0 Å². The molecule has 1 amide bonds. The van der Waals surface area contributed by atoms with Crippen molar-refractivity contribution in [1.29, 1.82) is 0 Å². The molecule has 0 aliphatic heterocycles. The average molecular weight is 418 g/mol. The summed E-state index contributed by atoms with van der Waals surface area (Å²) in [6.07, 6.45) is 0. The van der Waals surface area contributed by atoms with E-state index < -0.39 is 0 Å². The van der Waals surface area contributed by atoms with Gasteiger partial charge in [0.25, 0.3) is 5.91 Å². The molecule has 31 heavy (non-hydrogen) atoms. The van der Waals surface area contributed by atoms with Crippen LogP contribution in [0.1, 0.15) is 59.3 Å². The number of amides is 1. The van der Waals surface area contributed by atoms with Crippen LogP contribution in [0.2, 0.25) is 0 Å². The molecule has 0 aliphatic rings. The molecule has 162 valence electrons. The van der Waals surface area contributed by atoms with Gasteiger partial charge in [0, 0.05) is 16.8 Å². The lowest BCUT2D eigenvalue weighted by atomic mass is 10.0. The molecule has 3 aromatic rings. The summed E-state index contributed by atoms with van der Waals surface area (Å²) in [4.78, 5) is 13.0. The SMILES string of the molecule is CCOc1ccc(C(=O)Nc2c(C)cccc2C)cc1COc1ccccc1C(C)C. The Morgan fingerprint density at radius 1 is 0.903 bits per heavy atom. The Labute approximate surface area is 185 Å². The number of benzene rings is 3. The third-order valence-electron chi connectivity index (χ3n) is 5.27. The van der Waals surface area contributed by atoms with Crippen LogP contribution in [0.5, 0.6) is 11.5 Å². The number of anilines is 1. The number of hydrogen-bond donors (Lipinski definition) is 1. The van der Waals surface area contributed by atoms with Crippen molar-refractivity contribution in [3.63, 3.8) is 0 Å². The first-order valence-corrected chi connectivity index (χ1v) is 10.8. The number of nitrogens with one attached hydrogen (secondary N) is 1. The van der Waals surface area contributed by atoms with Crippen LogP contribution in [0.3, 0.4) is 0 Å². The van der Waals surface area contributed by atoms with Crippen LogP contribution < -0.4 is 14.8 Å². The topological polar surface area (TPSA) is 47.6 Å². The second-order valence-corrected chi connectivity index (χ2v) is 7.96. The van der Waals surface area contributed by atoms with Crippen LogP contribution in [0, 0.1) is 13.8 Å². The van der Waals surface area contributed by atoms with Crippen molar-refractivity contribution >= 4 is 11.6 Å². The maximum absolute atomic E-state index is 13.0. The molecule has 3 aromatic carbocycles. The Hall–Kier alpha value is -3.27. The molecule has 1 N–H and O–H groups in total. The molecule has 0 heterocycles. The van der Waals surface area contributed by atoms with Crippen molar-refractivity contribution in [3.8, 4) is 11.5 Å². The zero-order valence-corrected chi connectivity index (χ0v) is 19.0. The van der Waals surface area contributed by atoms with Crippen LogP contribution in [-0.2, 0) is 6.61 Å². The zero-order chi connectivity index (χ0) is 22.4. The van der Waals surface area contributed by atoms with Crippen molar-refractivity contribution in [2.75, 3.05) is 11.9 Å². The summed E-state index contributed by atoms with van der Waals surface area (Å²) in [5.74, 6) is 1.79. The van der Waals surface area contributed by atoms with Crippen LogP contribution in [0.15, 0.2) is 60.7 Å². The Morgan fingerprint density at radius 2 is 1.61 bits per heavy atom. The lowest BCUT2D eigenvalue weighted by Gasteiger charge is -2.17. The fourth-order valence-electron chi connectivity index (χ4n) is 3.57. The maximum Gasteiger partial charge on any atom is 0.255 e. The van der Waals surface area contributed by atoms with Gasteiger partial charge in [-0.2, -0.15) is 0 Å². The molecular weight excluding hydrogens is 386 g/mol.